The lowest BCUT2D eigenvalue weighted by Gasteiger charge is -2.36. The van der Waals surface area contributed by atoms with Crippen LogP contribution >= 0.6 is 0 Å². The van der Waals surface area contributed by atoms with E-state index in [-0.39, 0.29) is 61.0 Å². The number of piperazine rings is 2. The van der Waals surface area contributed by atoms with Gasteiger partial charge in [0.1, 0.15) is 12.2 Å². The van der Waals surface area contributed by atoms with Gasteiger partial charge < -0.3 is 52.0 Å². The average Bonchev–Trinajstić information content (AvgIpc) is 3.11. The number of hydrogen-bond donors (Lipinski definition) is 4. The molecule has 0 aromatic heterocycles. The van der Waals surface area contributed by atoms with E-state index < -0.39 is 0 Å². The number of carbonyl (C=O) groups excluding carboxylic acids is 4. The first-order valence-corrected chi connectivity index (χ1v) is 17.9. The molecule has 2 aromatic carbocycles. The summed E-state index contributed by atoms with van der Waals surface area (Å²) in [5.74, 6) is -0.0578. The van der Waals surface area contributed by atoms with Gasteiger partial charge in [0, 0.05) is 52.4 Å². The molecule has 1 saturated carbocycles. The third-order valence-electron chi connectivity index (χ3n) is 9.52. The predicted octanol–water partition coefficient (Wildman–Crippen LogP) is 1.93. The Labute approximate surface area is 303 Å². The van der Waals surface area contributed by atoms with Crippen LogP contribution in [0.5, 0.6) is 0 Å². The van der Waals surface area contributed by atoms with Crippen molar-refractivity contribution < 1.29 is 28.7 Å². The van der Waals surface area contributed by atoms with Gasteiger partial charge >= 0.3 is 12.2 Å². The van der Waals surface area contributed by atoms with Crippen molar-refractivity contribution in [3.63, 3.8) is 0 Å². The number of guanidine groups is 2. The number of nitrogens with two attached hydrogens (primary N) is 4. The Balaban J connectivity index is 0.961. The summed E-state index contributed by atoms with van der Waals surface area (Å²) < 4.78 is 11.8. The van der Waals surface area contributed by atoms with E-state index in [9.17, 15) is 19.2 Å². The number of nitrogens with zero attached hydrogens (tertiary/aromatic N) is 6. The highest BCUT2D eigenvalue weighted by molar-refractivity contribution is 5.81. The Bertz CT molecular complexity index is 1460. The van der Waals surface area contributed by atoms with Crippen molar-refractivity contribution in [3.8, 4) is 0 Å². The summed E-state index contributed by atoms with van der Waals surface area (Å²) in [6, 6.07) is 14.3. The van der Waals surface area contributed by atoms with Crippen LogP contribution in [0.4, 0.5) is 21.0 Å². The Morgan fingerprint density at radius 2 is 0.827 bits per heavy atom. The van der Waals surface area contributed by atoms with E-state index in [1.807, 2.05) is 24.3 Å². The fraction of sp³-hybridized carbons (Fsp3) is 0.500. The molecule has 16 nitrogen and oxygen atoms in total. The third-order valence-corrected chi connectivity index (χ3v) is 9.52. The van der Waals surface area contributed by atoms with Gasteiger partial charge in [0.05, 0.1) is 24.2 Å². The zero-order valence-electron chi connectivity index (χ0n) is 29.5. The largest absolute Gasteiger partial charge is 0.446 e. The quantitative estimate of drug-likeness (QED) is 0.229. The van der Waals surface area contributed by atoms with Gasteiger partial charge in [-0.2, -0.15) is 0 Å². The molecule has 2 heterocycles. The third kappa shape index (κ3) is 11.2. The normalized spacial score (nSPS) is 19.5. The number of carbonyl (C=O) groups is 4. The number of rotatable bonds is 8. The Morgan fingerprint density at radius 3 is 1.13 bits per heavy atom. The molecule has 16 heteroatoms. The Kier molecular flexibility index (Phi) is 13.1. The SMILES string of the molecule is NC(N)=Nc1ccc(CC(=O)N2CCN(C(=O)OC3CCCC(OC(=O)N4CCN(C(=O)Cc5ccc(N=C(N)N)cc5)CC4)CCC3)CC2)cc1. The maximum absolute atomic E-state index is 13.0. The molecule has 0 atom stereocenters. The molecule has 8 N–H and O–H groups in total. The average molecular weight is 719 g/mol. The first-order chi connectivity index (χ1) is 25.0. The number of hydrogen-bond acceptors (Lipinski definition) is 8. The minimum Gasteiger partial charge on any atom is -0.446 e. The number of ether oxygens (including phenoxy) is 2. The molecule has 0 radical (unpaired) electrons. The van der Waals surface area contributed by atoms with Crippen LogP contribution < -0.4 is 22.9 Å². The van der Waals surface area contributed by atoms with Crippen LogP contribution in [0.25, 0.3) is 0 Å². The Morgan fingerprint density at radius 1 is 0.519 bits per heavy atom. The van der Waals surface area contributed by atoms with Crippen LogP contribution in [-0.2, 0) is 31.9 Å². The monoisotopic (exact) mass is 718 g/mol. The second-order valence-electron chi connectivity index (χ2n) is 13.4. The second kappa shape index (κ2) is 18.1. The molecule has 2 saturated heterocycles. The summed E-state index contributed by atoms with van der Waals surface area (Å²) in [6.07, 6.45) is 3.70. The van der Waals surface area contributed by atoms with Crippen LogP contribution in [0.1, 0.15) is 49.7 Å². The first kappa shape index (κ1) is 37.7. The van der Waals surface area contributed by atoms with Crippen molar-refractivity contribution in [1.29, 1.82) is 0 Å². The van der Waals surface area contributed by atoms with Crippen molar-refractivity contribution in [2.45, 2.75) is 63.6 Å². The van der Waals surface area contributed by atoms with E-state index in [2.05, 4.69) is 9.98 Å². The van der Waals surface area contributed by atoms with Gasteiger partial charge in [0.15, 0.2) is 11.9 Å². The minimum atomic E-state index is -0.352. The van der Waals surface area contributed by atoms with Gasteiger partial charge in [0.2, 0.25) is 11.8 Å². The summed E-state index contributed by atoms with van der Waals surface area (Å²) in [6.45, 7) is 3.43. The standard InChI is InChI=1S/C36H50N10O6/c37-33(38)41-27-11-7-25(8-12-27)23-31(47)43-15-19-45(20-16-43)35(49)51-29-3-1-4-30(6-2-5-29)52-36(50)46-21-17-44(18-22-46)32(48)24-26-9-13-28(14-10-26)42-34(39)40/h7-14,29-30H,1-6,15-24H2,(H4,37,38,41)(H4,39,40,42). The Hall–Kier alpha value is -5.54. The van der Waals surface area contributed by atoms with Gasteiger partial charge in [-0.15, -0.1) is 0 Å². The molecule has 280 valence electrons. The van der Waals surface area contributed by atoms with E-state index in [4.69, 9.17) is 32.4 Å². The summed E-state index contributed by atoms with van der Waals surface area (Å²) in [5, 5.41) is 0. The van der Waals surface area contributed by atoms with Crippen molar-refractivity contribution >= 4 is 47.3 Å². The molecule has 3 fully saturated rings. The summed E-state index contributed by atoms with van der Waals surface area (Å²) in [4.78, 5) is 66.6. The molecule has 2 aromatic rings. The van der Waals surface area contributed by atoms with Crippen molar-refractivity contribution in [2.24, 2.45) is 32.9 Å². The van der Waals surface area contributed by atoms with E-state index >= 15 is 0 Å². The smallest absolute Gasteiger partial charge is 0.410 e. The highest BCUT2D eigenvalue weighted by atomic mass is 16.6. The van der Waals surface area contributed by atoms with Gasteiger partial charge in [0.25, 0.3) is 0 Å². The number of benzene rings is 2. The lowest BCUT2D eigenvalue weighted by Crippen LogP contribution is -2.51. The molecule has 52 heavy (non-hydrogen) atoms. The first-order valence-electron chi connectivity index (χ1n) is 17.9. The molecule has 0 bridgehead atoms. The molecule has 5 rings (SSSR count). The molecule has 0 unspecified atom stereocenters. The van der Waals surface area contributed by atoms with E-state index in [0.29, 0.717) is 89.4 Å². The lowest BCUT2D eigenvalue weighted by atomic mass is 9.96. The second-order valence-corrected chi connectivity index (χ2v) is 13.4. The van der Waals surface area contributed by atoms with Crippen molar-refractivity contribution in [1.82, 2.24) is 19.6 Å². The summed E-state index contributed by atoms with van der Waals surface area (Å²) in [5.41, 5.74) is 24.6. The summed E-state index contributed by atoms with van der Waals surface area (Å²) >= 11 is 0. The van der Waals surface area contributed by atoms with Gasteiger partial charge in [-0.3, -0.25) is 9.59 Å². The number of amides is 4. The van der Waals surface area contributed by atoms with Gasteiger partial charge in [-0.05, 0) is 73.9 Å². The van der Waals surface area contributed by atoms with E-state index in [1.54, 1.807) is 43.9 Å². The zero-order chi connectivity index (χ0) is 37.0. The van der Waals surface area contributed by atoms with E-state index in [0.717, 1.165) is 24.0 Å². The van der Waals surface area contributed by atoms with E-state index in [1.165, 1.54) is 0 Å². The van der Waals surface area contributed by atoms with Crippen molar-refractivity contribution in [3.05, 3.63) is 59.7 Å². The number of aliphatic imine (C=N–C) groups is 2. The van der Waals surface area contributed by atoms with Crippen molar-refractivity contribution in [2.75, 3.05) is 52.4 Å². The highest BCUT2D eigenvalue weighted by Crippen LogP contribution is 2.24. The topological polar surface area (TPSA) is 228 Å². The molecule has 0 spiro atoms. The van der Waals surface area contributed by atoms with Crippen LogP contribution in [0.2, 0.25) is 0 Å². The molecule has 2 aliphatic heterocycles. The molecule has 1 aliphatic carbocycles. The van der Waals surface area contributed by atoms with Gasteiger partial charge in [-0.25, -0.2) is 19.6 Å². The fourth-order valence-electron chi connectivity index (χ4n) is 6.63. The fourth-order valence-corrected chi connectivity index (χ4v) is 6.63. The summed E-state index contributed by atoms with van der Waals surface area (Å²) in [7, 11) is 0. The van der Waals surface area contributed by atoms with Crippen LogP contribution in [-0.4, -0.2) is 120 Å². The molecule has 4 amide bonds. The highest BCUT2D eigenvalue weighted by Gasteiger charge is 2.30. The maximum Gasteiger partial charge on any atom is 0.410 e. The van der Waals surface area contributed by atoms with Crippen LogP contribution in [0.15, 0.2) is 58.5 Å². The molecular weight excluding hydrogens is 668 g/mol. The molecule has 3 aliphatic rings. The van der Waals surface area contributed by atoms with Gasteiger partial charge in [-0.1, -0.05) is 24.3 Å². The van der Waals surface area contributed by atoms with Crippen LogP contribution in [0, 0.1) is 0 Å². The predicted molar refractivity (Wildman–Crippen MR) is 196 cm³/mol. The lowest BCUT2D eigenvalue weighted by molar-refractivity contribution is -0.132. The maximum atomic E-state index is 13.0. The zero-order valence-corrected chi connectivity index (χ0v) is 29.5. The molecular formula is C36H50N10O6. The minimum absolute atomic E-state index is 0.00418. The van der Waals surface area contributed by atoms with Crippen LogP contribution in [0.3, 0.4) is 0 Å².